The van der Waals surface area contributed by atoms with Crippen LogP contribution in [0.2, 0.25) is 0 Å². The maximum absolute atomic E-state index is 11.9. The van der Waals surface area contributed by atoms with Crippen molar-refractivity contribution in [1.29, 1.82) is 0 Å². The molecule has 0 bridgehead atoms. The molecule has 0 saturated carbocycles. The zero-order chi connectivity index (χ0) is 21.4. The Kier molecular flexibility index (Phi) is 15.7. The smallest absolute Gasteiger partial charge is 0.329 e. The number of rotatable bonds is 15. The Balaban J connectivity index is 4.52. The van der Waals surface area contributed by atoms with E-state index in [1.54, 1.807) is 0 Å². The van der Waals surface area contributed by atoms with E-state index in [1.807, 2.05) is 13.8 Å². The first-order valence-corrected chi connectivity index (χ1v) is 11.9. The summed E-state index contributed by atoms with van der Waals surface area (Å²) in [6.45, 7) is 3.96. The average Bonchev–Trinajstić information content (AvgIpc) is 2.70. The summed E-state index contributed by atoms with van der Waals surface area (Å²) in [4.78, 5) is 47.4. The second-order valence-corrected chi connectivity index (χ2v) is 8.61. The number of unbranched alkanes of at least 4 members (excludes halogenated alkanes) is 2. The molecule has 0 rings (SSSR count). The molecule has 8 nitrogen and oxygen atoms in total. The van der Waals surface area contributed by atoms with Gasteiger partial charge in [-0.15, -0.1) is 0 Å². The zero-order valence-electron chi connectivity index (χ0n) is 17.1. The third kappa shape index (κ3) is 12.1. The van der Waals surface area contributed by atoms with Gasteiger partial charge in [0.1, 0.15) is 12.1 Å². The van der Waals surface area contributed by atoms with Crippen molar-refractivity contribution in [2.24, 2.45) is 0 Å². The predicted molar refractivity (Wildman–Crippen MR) is 112 cm³/mol. The fourth-order valence-electron chi connectivity index (χ4n) is 2.06. The van der Waals surface area contributed by atoms with Crippen LogP contribution in [0.3, 0.4) is 0 Å². The van der Waals surface area contributed by atoms with Crippen molar-refractivity contribution >= 4 is 45.3 Å². The Morgan fingerprint density at radius 3 is 1.39 bits per heavy atom. The minimum atomic E-state index is -0.762. The fourth-order valence-corrected chi connectivity index (χ4v) is 4.36. The van der Waals surface area contributed by atoms with Crippen molar-refractivity contribution in [3.05, 3.63) is 0 Å². The van der Waals surface area contributed by atoms with Crippen LogP contribution >= 0.6 is 21.6 Å². The molecule has 0 heterocycles. The molecule has 0 aromatic carbocycles. The third-order valence-corrected chi connectivity index (χ3v) is 6.13. The molecular formula is C18H32N2O6S2. The lowest BCUT2D eigenvalue weighted by Gasteiger charge is -2.18. The van der Waals surface area contributed by atoms with E-state index in [1.165, 1.54) is 35.8 Å². The maximum Gasteiger partial charge on any atom is 0.329 e. The highest BCUT2D eigenvalue weighted by atomic mass is 33.1. The van der Waals surface area contributed by atoms with Crippen LogP contribution in [-0.4, -0.2) is 61.6 Å². The van der Waals surface area contributed by atoms with E-state index in [-0.39, 0.29) is 23.3 Å². The molecule has 0 saturated heterocycles. The maximum atomic E-state index is 11.9. The van der Waals surface area contributed by atoms with Crippen LogP contribution in [0.25, 0.3) is 0 Å². The standard InChI is InChI=1S/C18H32N2O6S2/c1-5-7-9-15(21)19-13(17(23)25-3)11-27-28-12-14(18(24)26-4)20-16(22)10-8-6-2/h13-14H,5-12H2,1-4H3,(H,19,21)(H,20,22)/t13-,14-/m0/s1. The summed E-state index contributed by atoms with van der Waals surface area (Å²) in [7, 11) is 5.16. The molecule has 0 aromatic heterocycles. The van der Waals surface area contributed by atoms with E-state index in [2.05, 4.69) is 10.6 Å². The van der Waals surface area contributed by atoms with Gasteiger partial charge in [0.2, 0.25) is 11.8 Å². The highest BCUT2D eigenvalue weighted by molar-refractivity contribution is 8.76. The highest BCUT2D eigenvalue weighted by Crippen LogP contribution is 2.23. The van der Waals surface area contributed by atoms with Crippen molar-refractivity contribution in [3.63, 3.8) is 0 Å². The number of methoxy groups -OCH3 is 2. The molecule has 2 atom stereocenters. The normalized spacial score (nSPS) is 12.6. The Morgan fingerprint density at radius 2 is 1.11 bits per heavy atom. The quantitative estimate of drug-likeness (QED) is 0.228. The second kappa shape index (κ2) is 16.5. The van der Waals surface area contributed by atoms with Crippen LogP contribution in [0.4, 0.5) is 0 Å². The first-order chi connectivity index (χ1) is 13.4. The van der Waals surface area contributed by atoms with Crippen LogP contribution < -0.4 is 10.6 Å². The molecular weight excluding hydrogens is 404 g/mol. The van der Waals surface area contributed by atoms with Crippen molar-refractivity contribution in [1.82, 2.24) is 10.6 Å². The molecule has 0 radical (unpaired) electrons. The van der Waals surface area contributed by atoms with E-state index in [9.17, 15) is 19.2 Å². The van der Waals surface area contributed by atoms with Gasteiger partial charge in [-0.1, -0.05) is 48.3 Å². The van der Waals surface area contributed by atoms with E-state index >= 15 is 0 Å². The van der Waals surface area contributed by atoms with Gasteiger partial charge in [-0.05, 0) is 12.8 Å². The van der Waals surface area contributed by atoms with Crippen LogP contribution in [0.1, 0.15) is 52.4 Å². The van der Waals surface area contributed by atoms with Crippen LogP contribution in [0.5, 0.6) is 0 Å². The average molecular weight is 437 g/mol. The summed E-state index contributed by atoms with van der Waals surface area (Å²) in [6.07, 6.45) is 3.99. The second-order valence-electron chi connectivity index (χ2n) is 6.06. The lowest BCUT2D eigenvalue weighted by atomic mass is 10.2. The van der Waals surface area contributed by atoms with Crippen molar-refractivity contribution in [3.8, 4) is 0 Å². The molecule has 0 aliphatic carbocycles. The van der Waals surface area contributed by atoms with Gasteiger partial charge >= 0.3 is 11.9 Å². The first kappa shape index (κ1) is 26.6. The van der Waals surface area contributed by atoms with Crippen molar-refractivity contribution in [2.45, 2.75) is 64.5 Å². The number of amides is 2. The van der Waals surface area contributed by atoms with Crippen molar-refractivity contribution < 1.29 is 28.7 Å². The minimum Gasteiger partial charge on any atom is -0.467 e. The van der Waals surface area contributed by atoms with Gasteiger partial charge in [0.05, 0.1) is 14.2 Å². The lowest BCUT2D eigenvalue weighted by Crippen LogP contribution is -2.44. The third-order valence-electron chi connectivity index (χ3n) is 3.71. The van der Waals surface area contributed by atoms with E-state index in [0.29, 0.717) is 12.8 Å². The number of esters is 2. The summed E-state index contributed by atoms with van der Waals surface area (Å²) in [5.74, 6) is -0.859. The molecule has 0 aromatic rings. The van der Waals surface area contributed by atoms with Gasteiger partial charge < -0.3 is 20.1 Å². The molecule has 2 N–H and O–H groups in total. The predicted octanol–water partition coefficient (Wildman–Crippen LogP) is 2.06. The molecule has 0 unspecified atom stereocenters. The van der Waals surface area contributed by atoms with Crippen LogP contribution in [0, 0.1) is 0 Å². The molecule has 2 amide bonds. The Hall–Kier alpha value is -1.42. The van der Waals surface area contributed by atoms with Crippen LogP contribution in [-0.2, 0) is 28.7 Å². The number of hydrogen-bond acceptors (Lipinski definition) is 8. The van der Waals surface area contributed by atoms with Gasteiger partial charge in [-0.2, -0.15) is 0 Å². The van der Waals surface area contributed by atoms with Gasteiger partial charge in [-0.3, -0.25) is 9.59 Å². The topological polar surface area (TPSA) is 111 Å². The number of carbonyl (C=O) groups excluding carboxylic acids is 4. The molecule has 0 spiro atoms. The molecule has 0 aliphatic rings. The van der Waals surface area contributed by atoms with Gasteiger partial charge in [-0.25, -0.2) is 9.59 Å². The number of hydrogen-bond donors (Lipinski definition) is 2. The first-order valence-electron chi connectivity index (χ1n) is 9.38. The SMILES string of the molecule is CCCCC(=O)N[C@@H](CSSC[C@H](NC(=O)CCCC)C(=O)OC)C(=O)OC. The Labute approximate surface area is 175 Å². The summed E-state index contributed by atoms with van der Waals surface area (Å²) >= 11 is 0. The summed E-state index contributed by atoms with van der Waals surface area (Å²) in [6, 6.07) is -1.52. The van der Waals surface area contributed by atoms with Crippen molar-refractivity contribution in [2.75, 3.05) is 25.7 Å². The summed E-state index contributed by atoms with van der Waals surface area (Å²) < 4.78 is 9.47. The fraction of sp³-hybridized carbons (Fsp3) is 0.778. The Morgan fingerprint density at radius 1 is 0.750 bits per heavy atom. The molecule has 28 heavy (non-hydrogen) atoms. The van der Waals surface area contributed by atoms with E-state index < -0.39 is 24.0 Å². The van der Waals surface area contributed by atoms with Gasteiger partial charge in [0, 0.05) is 24.3 Å². The highest BCUT2D eigenvalue weighted by Gasteiger charge is 2.24. The molecule has 162 valence electrons. The number of nitrogens with one attached hydrogen (secondary N) is 2. The van der Waals surface area contributed by atoms with Crippen LogP contribution in [0.15, 0.2) is 0 Å². The number of ether oxygens (including phenoxy) is 2. The van der Waals surface area contributed by atoms with E-state index in [0.717, 1.165) is 25.7 Å². The van der Waals surface area contributed by atoms with Gasteiger partial charge in [0.15, 0.2) is 0 Å². The monoisotopic (exact) mass is 436 g/mol. The summed E-state index contributed by atoms with van der Waals surface area (Å²) in [5, 5.41) is 5.34. The summed E-state index contributed by atoms with van der Waals surface area (Å²) in [5.41, 5.74) is 0. The van der Waals surface area contributed by atoms with Gasteiger partial charge in [0.25, 0.3) is 0 Å². The lowest BCUT2D eigenvalue weighted by molar-refractivity contribution is -0.144. The molecule has 0 aliphatic heterocycles. The zero-order valence-corrected chi connectivity index (χ0v) is 18.7. The van der Waals surface area contributed by atoms with E-state index in [4.69, 9.17) is 9.47 Å². The minimum absolute atomic E-state index is 0.196. The largest absolute Gasteiger partial charge is 0.467 e. The Bertz CT molecular complexity index is 460. The molecule has 10 heteroatoms. The molecule has 0 fully saturated rings. The number of carbonyl (C=O) groups is 4.